The number of benzene rings is 3. The largest absolute Gasteiger partial charge is 0.493 e. The van der Waals surface area contributed by atoms with Gasteiger partial charge in [0, 0.05) is 24.4 Å². The van der Waals surface area contributed by atoms with E-state index in [2.05, 4.69) is 28.7 Å². The standard InChI is InChI=1S/C33H35F2N5O5/c1-4-39(5-2)15-6-16-44-29-19-26-24(18-28(29)43-3)30(38-20-37-26)45-27-12-11-23(17-25(27)35)40(22-9-7-21(34)8-10-22)32(42)33(13-14-33)31(36)41/h7-12,17-20H,4-6,13-16H2,1-3H3,(H2,36,41). The average Bonchev–Trinajstić information content (AvgIpc) is 3.86. The summed E-state index contributed by atoms with van der Waals surface area (Å²) in [5.74, 6) is -1.83. The number of nitrogens with two attached hydrogens (primary N) is 1. The van der Waals surface area contributed by atoms with Crippen molar-refractivity contribution in [3.63, 3.8) is 0 Å². The Morgan fingerprint density at radius 3 is 2.27 bits per heavy atom. The number of carbonyl (C=O) groups excluding carboxylic acids is 2. The Hall–Kier alpha value is -4.84. The Bertz CT molecular complexity index is 1690. The van der Waals surface area contributed by atoms with Crippen molar-refractivity contribution in [2.24, 2.45) is 11.1 Å². The number of amides is 2. The Morgan fingerprint density at radius 2 is 1.64 bits per heavy atom. The molecule has 3 aromatic carbocycles. The number of halogens is 2. The molecule has 236 valence electrons. The highest BCUT2D eigenvalue weighted by atomic mass is 19.1. The van der Waals surface area contributed by atoms with Crippen LogP contribution in [0.15, 0.2) is 60.9 Å². The third kappa shape index (κ3) is 6.65. The molecule has 0 bridgehead atoms. The fourth-order valence-corrected chi connectivity index (χ4v) is 5.10. The van der Waals surface area contributed by atoms with Crippen LogP contribution in [0.2, 0.25) is 0 Å². The van der Waals surface area contributed by atoms with Crippen LogP contribution in [0.1, 0.15) is 33.1 Å². The van der Waals surface area contributed by atoms with Gasteiger partial charge in [-0.2, -0.15) is 0 Å². The van der Waals surface area contributed by atoms with Gasteiger partial charge in [-0.1, -0.05) is 13.8 Å². The lowest BCUT2D eigenvalue weighted by molar-refractivity contribution is -0.133. The van der Waals surface area contributed by atoms with Crippen LogP contribution in [-0.2, 0) is 9.59 Å². The molecule has 1 heterocycles. The quantitative estimate of drug-likeness (QED) is 0.140. The molecule has 5 rings (SSSR count). The predicted octanol–water partition coefficient (Wildman–Crippen LogP) is 5.75. The normalized spacial score (nSPS) is 13.5. The van der Waals surface area contributed by atoms with Crippen LogP contribution in [0.25, 0.3) is 10.9 Å². The first-order valence-corrected chi connectivity index (χ1v) is 14.8. The molecule has 1 aromatic heterocycles. The molecule has 1 aliphatic carbocycles. The Labute approximate surface area is 259 Å². The Morgan fingerprint density at radius 1 is 0.933 bits per heavy atom. The lowest BCUT2D eigenvalue weighted by atomic mass is 10.0. The third-order valence-electron chi connectivity index (χ3n) is 7.95. The number of rotatable bonds is 14. The molecule has 12 heteroatoms. The van der Waals surface area contributed by atoms with Crippen molar-refractivity contribution < 1.29 is 32.6 Å². The van der Waals surface area contributed by atoms with Crippen LogP contribution in [-0.4, -0.2) is 60.0 Å². The number of ether oxygens (including phenoxy) is 3. The Balaban J connectivity index is 1.41. The zero-order valence-electron chi connectivity index (χ0n) is 25.4. The molecule has 0 aliphatic heterocycles. The highest BCUT2D eigenvalue weighted by Crippen LogP contribution is 2.49. The molecule has 1 aliphatic rings. The number of methoxy groups -OCH3 is 1. The fraction of sp³-hybridized carbons (Fsp3) is 0.333. The molecule has 10 nitrogen and oxygen atoms in total. The van der Waals surface area contributed by atoms with Crippen molar-refractivity contribution >= 4 is 34.1 Å². The number of fused-ring (bicyclic) bond motifs is 1. The minimum absolute atomic E-state index is 0.0789. The molecular weight excluding hydrogens is 584 g/mol. The topological polar surface area (TPSA) is 120 Å². The van der Waals surface area contributed by atoms with E-state index in [9.17, 15) is 14.0 Å². The van der Waals surface area contributed by atoms with E-state index in [1.807, 2.05) is 0 Å². The van der Waals surface area contributed by atoms with Crippen molar-refractivity contribution in [1.82, 2.24) is 14.9 Å². The van der Waals surface area contributed by atoms with Crippen LogP contribution in [0, 0.1) is 17.0 Å². The molecule has 0 radical (unpaired) electrons. The van der Waals surface area contributed by atoms with Gasteiger partial charge in [-0.05, 0) is 74.8 Å². The summed E-state index contributed by atoms with van der Waals surface area (Å²) in [5, 5.41) is 0.466. The number of hydrogen-bond donors (Lipinski definition) is 1. The van der Waals surface area contributed by atoms with Gasteiger partial charge in [0.1, 0.15) is 17.6 Å². The van der Waals surface area contributed by atoms with Crippen molar-refractivity contribution in [2.75, 3.05) is 38.3 Å². The van der Waals surface area contributed by atoms with E-state index in [4.69, 9.17) is 19.9 Å². The van der Waals surface area contributed by atoms with Crippen molar-refractivity contribution in [3.8, 4) is 23.1 Å². The molecule has 1 fully saturated rings. The van der Waals surface area contributed by atoms with Gasteiger partial charge in [-0.25, -0.2) is 18.7 Å². The monoisotopic (exact) mass is 619 g/mol. The highest BCUT2D eigenvalue weighted by molar-refractivity contribution is 6.16. The number of nitrogens with zero attached hydrogens (tertiary/aromatic N) is 4. The zero-order valence-corrected chi connectivity index (χ0v) is 25.4. The molecule has 45 heavy (non-hydrogen) atoms. The molecule has 2 N–H and O–H groups in total. The van der Waals surface area contributed by atoms with E-state index in [1.165, 1.54) is 54.7 Å². The third-order valence-corrected chi connectivity index (χ3v) is 7.95. The van der Waals surface area contributed by atoms with E-state index < -0.39 is 28.9 Å². The zero-order chi connectivity index (χ0) is 32.1. The van der Waals surface area contributed by atoms with Crippen LogP contribution in [0.5, 0.6) is 23.1 Å². The maximum atomic E-state index is 15.6. The maximum absolute atomic E-state index is 15.6. The van der Waals surface area contributed by atoms with Gasteiger partial charge in [0.2, 0.25) is 17.7 Å². The van der Waals surface area contributed by atoms with Gasteiger partial charge in [0.05, 0.1) is 30.3 Å². The summed E-state index contributed by atoms with van der Waals surface area (Å²) >= 11 is 0. The predicted molar refractivity (Wildman–Crippen MR) is 165 cm³/mol. The summed E-state index contributed by atoms with van der Waals surface area (Å²) in [6.07, 6.45) is 2.68. The molecule has 0 spiro atoms. The van der Waals surface area contributed by atoms with E-state index in [0.717, 1.165) is 32.1 Å². The first-order valence-electron chi connectivity index (χ1n) is 14.8. The molecule has 2 amide bonds. The second-order valence-electron chi connectivity index (χ2n) is 10.7. The number of carbonyl (C=O) groups is 2. The number of hydrogen-bond acceptors (Lipinski definition) is 8. The van der Waals surface area contributed by atoms with E-state index >= 15 is 4.39 Å². The van der Waals surface area contributed by atoms with Gasteiger partial charge in [-0.3, -0.25) is 14.5 Å². The minimum atomic E-state index is -1.40. The van der Waals surface area contributed by atoms with Crippen molar-refractivity contribution in [1.29, 1.82) is 0 Å². The van der Waals surface area contributed by atoms with E-state index in [-0.39, 0.29) is 35.8 Å². The number of primary amides is 1. The fourth-order valence-electron chi connectivity index (χ4n) is 5.10. The van der Waals surface area contributed by atoms with Crippen LogP contribution in [0.3, 0.4) is 0 Å². The summed E-state index contributed by atoms with van der Waals surface area (Å²) < 4.78 is 46.7. The maximum Gasteiger partial charge on any atom is 0.247 e. The van der Waals surface area contributed by atoms with Gasteiger partial charge in [0.25, 0.3) is 0 Å². The van der Waals surface area contributed by atoms with Gasteiger partial charge in [-0.15, -0.1) is 0 Å². The Kier molecular flexibility index (Phi) is 9.43. The van der Waals surface area contributed by atoms with E-state index in [0.29, 0.717) is 29.0 Å². The summed E-state index contributed by atoms with van der Waals surface area (Å²) in [7, 11) is 1.52. The lowest BCUT2D eigenvalue weighted by Gasteiger charge is -2.26. The SMILES string of the molecule is CCN(CC)CCCOc1cc2ncnc(Oc3ccc(N(C(=O)C4(C(N)=O)CC4)c4ccc(F)cc4)cc3F)c2cc1OC. The summed E-state index contributed by atoms with van der Waals surface area (Å²) in [6.45, 7) is 7.58. The van der Waals surface area contributed by atoms with Crippen LogP contribution >= 0.6 is 0 Å². The molecule has 0 unspecified atom stereocenters. The summed E-state index contributed by atoms with van der Waals surface area (Å²) in [6, 6.07) is 12.4. The molecule has 0 atom stereocenters. The molecule has 0 saturated heterocycles. The lowest BCUT2D eigenvalue weighted by Crippen LogP contribution is -2.41. The van der Waals surface area contributed by atoms with E-state index in [1.54, 1.807) is 12.1 Å². The molecule has 4 aromatic rings. The minimum Gasteiger partial charge on any atom is -0.493 e. The van der Waals surface area contributed by atoms with Gasteiger partial charge >= 0.3 is 0 Å². The number of aromatic nitrogens is 2. The highest BCUT2D eigenvalue weighted by Gasteiger charge is 2.57. The van der Waals surface area contributed by atoms with Gasteiger partial charge < -0.3 is 24.8 Å². The van der Waals surface area contributed by atoms with Gasteiger partial charge in [0.15, 0.2) is 23.1 Å². The van der Waals surface area contributed by atoms with Crippen LogP contribution < -0.4 is 24.8 Å². The van der Waals surface area contributed by atoms with Crippen molar-refractivity contribution in [3.05, 3.63) is 72.6 Å². The summed E-state index contributed by atoms with van der Waals surface area (Å²) in [4.78, 5) is 37.7. The van der Waals surface area contributed by atoms with Crippen LogP contribution in [0.4, 0.5) is 20.2 Å². The second kappa shape index (κ2) is 13.4. The van der Waals surface area contributed by atoms with Crippen molar-refractivity contribution in [2.45, 2.75) is 33.1 Å². The molecule has 1 saturated carbocycles. The molecular formula is C33H35F2N5O5. The second-order valence-corrected chi connectivity index (χ2v) is 10.7. The first-order chi connectivity index (χ1) is 21.7. The average molecular weight is 620 g/mol. The number of anilines is 2. The smallest absolute Gasteiger partial charge is 0.247 e. The summed E-state index contributed by atoms with van der Waals surface area (Å²) in [5.41, 5.74) is 5.02. The first kappa shape index (κ1) is 31.6.